The van der Waals surface area contributed by atoms with Gasteiger partial charge in [0.05, 0.1) is 22.1 Å². The lowest BCUT2D eigenvalue weighted by molar-refractivity contribution is 0.103. The fourth-order valence-corrected chi connectivity index (χ4v) is 4.44. The lowest BCUT2D eigenvalue weighted by Gasteiger charge is -2.18. The standard InChI is InChI=1S/C22H18N4O5S/c1-25-19-14(21(28)26(2)22(25)29)10-13(11-23-19)24-20(27)18-6-5-17(32-18)12-3-4-15-16(9-12)31-8-7-30-15/h3-6,9-11H,7-8H2,1-2H3,(H,24,27). The van der Waals surface area contributed by atoms with Gasteiger partial charge in [-0.2, -0.15) is 0 Å². The maximum atomic E-state index is 12.8. The van der Waals surface area contributed by atoms with Crippen LogP contribution in [0.3, 0.4) is 0 Å². The fraction of sp³-hybridized carbons (Fsp3) is 0.182. The predicted octanol–water partition coefficient (Wildman–Crippen LogP) is 2.38. The number of nitrogens with one attached hydrogen (secondary N) is 1. The fourth-order valence-electron chi connectivity index (χ4n) is 3.54. The summed E-state index contributed by atoms with van der Waals surface area (Å²) < 4.78 is 13.5. The molecule has 0 saturated carbocycles. The van der Waals surface area contributed by atoms with Crippen LogP contribution in [0.2, 0.25) is 0 Å². The third kappa shape index (κ3) is 3.34. The van der Waals surface area contributed by atoms with Gasteiger partial charge in [0.2, 0.25) is 0 Å². The summed E-state index contributed by atoms with van der Waals surface area (Å²) in [5.41, 5.74) is 0.622. The van der Waals surface area contributed by atoms with Crippen LogP contribution < -0.4 is 26.0 Å². The van der Waals surface area contributed by atoms with Crippen LogP contribution >= 0.6 is 11.3 Å². The molecule has 3 aromatic heterocycles. The van der Waals surface area contributed by atoms with E-state index in [2.05, 4.69) is 10.3 Å². The van der Waals surface area contributed by atoms with Gasteiger partial charge in [-0.1, -0.05) is 0 Å². The van der Waals surface area contributed by atoms with E-state index in [0.717, 1.165) is 15.0 Å². The molecular weight excluding hydrogens is 432 g/mol. The molecule has 10 heteroatoms. The van der Waals surface area contributed by atoms with Crippen molar-refractivity contribution in [2.24, 2.45) is 14.1 Å². The number of anilines is 1. The molecule has 4 heterocycles. The molecule has 1 aliphatic rings. The summed E-state index contributed by atoms with van der Waals surface area (Å²) in [5, 5.41) is 3.02. The summed E-state index contributed by atoms with van der Waals surface area (Å²) in [5.74, 6) is 1.08. The van der Waals surface area contributed by atoms with Gasteiger partial charge in [-0.05, 0) is 42.0 Å². The zero-order chi connectivity index (χ0) is 22.4. The minimum absolute atomic E-state index is 0.246. The number of fused-ring (bicyclic) bond motifs is 2. The van der Waals surface area contributed by atoms with Gasteiger partial charge in [-0.25, -0.2) is 9.78 Å². The first-order chi connectivity index (χ1) is 15.4. The molecule has 0 radical (unpaired) electrons. The number of thiophene rings is 1. The van der Waals surface area contributed by atoms with Crippen LogP contribution in [0, 0.1) is 0 Å². The topological polar surface area (TPSA) is 104 Å². The van der Waals surface area contributed by atoms with Crippen LogP contribution in [-0.4, -0.2) is 33.2 Å². The normalized spacial score (nSPS) is 12.7. The lowest BCUT2D eigenvalue weighted by Crippen LogP contribution is -2.37. The molecule has 1 aliphatic heterocycles. The SMILES string of the molecule is Cn1c(=O)c2cc(NC(=O)c3ccc(-c4ccc5c(c4)OCCO5)s3)cnc2n(C)c1=O. The highest BCUT2D eigenvalue weighted by Gasteiger charge is 2.16. The summed E-state index contributed by atoms with van der Waals surface area (Å²) in [6, 6.07) is 10.8. The number of aromatic nitrogens is 3. The molecule has 0 atom stereocenters. The molecule has 32 heavy (non-hydrogen) atoms. The van der Waals surface area contributed by atoms with Crippen molar-refractivity contribution >= 4 is 34.0 Å². The van der Waals surface area contributed by atoms with E-state index in [1.807, 2.05) is 24.3 Å². The molecule has 0 unspecified atom stereocenters. The molecule has 9 nitrogen and oxygen atoms in total. The Morgan fingerprint density at radius 1 is 1.03 bits per heavy atom. The number of rotatable bonds is 3. The van der Waals surface area contributed by atoms with Gasteiger partial charge in [0, 0.05) is 19.0 Å². The molecule has 1 aromatic carbocycles. The highest BCUT2D eigenvalue weighted by molar-refractivity contribution is 7.17. The molecule has 0 aliphatic carbocycles. The van der Waals surface area contributed by atoms with E-state index in [9.17, 15) is 14.4 Å². The Balaban J connectivity index is 1.41. The van der Waals surface area contributed by atoms with Crippen molar-refractivity contribution in [2.75, 3.05) is 18.5 Å². The summed E-state index contributed by atoms with van der Waals surface area (Å²) in [6.07, 6.45) is 1.43. The molecule has 0 fully saturated rings. The first-order valence-corrected chi connectivity index (χ1v) is 10.6. The van der Waals surface area contributed by atoms with Crippen LogP contribution in [-0.2, 0) is 14.1 Å². The van der Waals surface area contributed by atoms with Gasteiger partial charge >= 0.3 is 5.69 Å². The number of pyridine rings is 1. The molecular formula is C22H18N4O5S. The van der Waals surface area contributed by atoms with Crippen LogP contribution in [0.1, 0.15) is 9.67 Å². The molecule has 5 rings (SSSR count). The second-order valence-corrected chi connectivity index (χ2v) is 8.36. The van der Waals surface area contributed by atoms with E-state index in [0.29, 0.717) is 35.3 Å². The van der Waals surface area contributed by atoms with Gasteiger partial charge in [0.1, 0.15) is 18.9 Å². The van der Waals surface area contributed by atoms with Crippen molar-refractivity contribution in [3.05, 3.63) is 68.3 Å². The van der Waals surface area contributed by atoms with Crippen molar-refractivity contribution in [3.8, 4) is 21.9 Å². The largest absolute Gasteiger partial charge is 0.486 e. The van der Waals surface area contributed by atoms with Gasteiger partial charge in [-0.15, -0.1) is 11.3 Å². The number of hydrogen-bond acceptors (Lipinski definition) is 7. The zero-order valence-corrected chi connectivity index (χ0v) is 18.1. The van der Waals surface area contributed by atoms with Crippen LogP contribution in [0.15, 0.2) is 52.2 Å². The smallest absolute Gasteiger partial charge is 0.332 e. The monoisotopic (exact) mass is 450 g/mol. The Morgan fingerprint density at radius 3 is 2.62 bits per heavy atom. The third-order valence-electron chi connectivity index (χ3n) is 5.21. The Hall–Kier alpha value is -3.92. The zero-order valence-electron chi connectivity index (χ0n) is 17.2. The second-order valence-electron chi connectivity index (χ2n) is 7.28. The molecule has 0 saturated heterocycles. The third-order valence-corrected chi connectivity index (χ3v) is 6.34. The second kappa shape index (κ2) is 7.65. The molecule has 4 aromatic rings. The van der Waals surface area contributed by atoms with E-state index >= 15 is 0 Å². The van der Waals surface area contributed by atoms with Crippen LogP contribution in [0.4, 0.5) is 5.69 Å². The first kappa shape index (κ1) is 20.0. The van der Waals surface area contributed by atoms with Crippen molar-refractivity contribution in [3.63, 3.8) is 0 Å². The Kier molecular flexibility index (Phi) is 4.78. The minimum Gasteiger partial charge on any atom is -0.486 e. The Morgan fingerprint density at radius 2 is 1.81 bits per heavy atom. The van der Waals surface area contributed by atoms with E-state index in [1.165, 1.54) is 35.2 Å². The summed E-state index contributed by atoms with van der Waals surface area (Å²) >= 11 is 1.34. The maximum absolute atomic E-state index is 12.8. The van der Waals surface area contributed by atoms with E-state index in [1.54, 1.807) is 13.1 Å². The van der Waals surface area contributed by atoms with E-state index in [-0.39, 0.29) is 16.9 Å². The molecule has 1 N–H and O–H groups in total. The Bertz CT molecular complexity index is 1500. The van der Waals surface area contributed by atoms with Crippen LogP contribution in [0.25, 0.3) is 21.5 Å². The lowest BCUT2D eigenvalue weighted by atomic mass is 10.1. The van der Waals surface area contributed by atoms with Crippen molar-refractivity contribution in [1.82, 2.24) is 14.1 Å². The first-order valence-electron chi connectivity index (χ1n) is 9.79. The molecule has 162 valence electrons. The number of hydrogen-bond donors (Lipinski definition) is 1. The molecule has 1 amide bonds. The number of amides is 1. The highest BCUT2D eigenvalue weighted by Crippen LogP contribution is 2.37. The molecule has 0 spiro atoms. The number of carbonyl (C=O) groups is 1. The summed E-state index contributed by atoms with van der Waals surface area (Å²) in [6.45, 7) is 1.04. The van der Waals surface area contributed by atoms with Crippen molar-refractivity contribution in [1.29, 1.82) is 0 Å². The number of ether oxygens (including phenoxy) is 2. The molecule has 0 bridgehead atoms. The average molecular weight is 450 g/mol. The number of aryl methyl sites for hydroxylation is 1. The van der Waals surface area contributed by atoms with Crippen LogP contribution in [0.5, 0.6) is 11.5 Å². The van der Waals surface area contributed by atoms with Gasteiger partial charge in [0.15, 0.2) is 11.5 Å². The number of benzene rings is 1. The summed E-state index contributed by atoms with van der Waals surface area (Å²) in [4.78, 5) is 42.9. The van der Waals surface area contributed by atoms with Crippen molar-refractivity contribution in [2.45, 2.75) is 0 Å². The number of carbonyl (C=O) groups excluding carboxylic acids is 1. The van der Waals surface area contributed by atoms with Crippen molar-refractivity contribution < 1.29 is 14.3 Å². The highest BCUT2D eigenvalue weighted by atomic mass is 32.1. The summed E-state index contributed by atoms with van der Waals surface area (Å²) in [7, 11) is 2.95. The van der Waals surface area contributed by atoms with Gasteiger partial charge in [0.25, 0.3) is 11.5 Å². The quantitative estimate of drug-likeness (QED) is 0.514. The van der Waals surface area contributed by atoms with E-state index < -0.39 is 11.2 Å². The van der Waals surface area contributed by atoms with E-state index in [4.69, 9.17) is 9.47 Å². The van der Waals surface area contributed by atoms with Gasteiger partial charge in [-0.3, -0.25) is 18.7 Å². The average Bonchev–Trinajstić information content (AvgIpc) is 3.31. The number of nitrogens with zero attached hydrogens (tertiary/aromatic N) is 3. The minimum atomic E-state index is -0.469. The maximum Gasteiger partial charge on any atom is 0.332 e. The Labute approximate surface area is 185 Å². The predicted molar refractivity (Wildman–Crippen MR) is 121 cm³/mol. The van der Waals surface area contributed by atoms with Gasteiger partial charge < -0.3 is 14.8 Å².